The number of fused-ring (bicyclic) bond motifs is 1. The van der Waals surface area contributed by atoms with Crippen LogP contribution >= 0.6 is 0 Å². The lowest BCUT2D eigenvalue weighted by atomic mass is 9.94. The third-order valence-electron chi connectivity index (χ3n) is 4.58. The van der Waals surface area contributed by atoms with Crippen molar-refractivity contribution >= 4 is 11.0 Å². The van der Waals surface area contributed by atoms with Crippen LogP contribution in [0.15, 0.2) is 12.1 Å². The van der Waals surface area contributed by atoms with Gasteiger partial charge in [0.15, 0.2) is 0 Å². The van der Waals surface area contributed by atoms with Gasteiger partial charge in [-0.3, -0.25) is 0 Å². The Bertz CT molecular complexity index is 694. The molecular formula is C20H26N4. The van der Waals surface area contributed by atoms with Crippen LogP contribution in [0, 0.1) is 22.7 Å². The Morgan fingerprint density at radius 2 is 1.62 bits per heavy atom. The van der Waals surface area contributed by atoms with Gasteiger partial charge in [0, 0.05) is 5.92 Å². The smallest absolute Gasteiger partial charge is 0.110 e. The zero-order valence-electron chi connectivity index (χ0n) is 14.7. The third-order valence-corrected chi connectivity index (χ3v) is 4.58. The van der Waals surface area contributed by atoms with Crippen LogP contribution in [0.25, 0.3) is 11.0 Å². The molecular weight excluding hydrogens is 296 g/mol. The fourth-order valence-electron chi connectivity index (χ4n) is 3.14. The largest absolute Gasteiger partial charge is 0.342 e. The Kier molecular flexibility index (Phi) is 6.82. The number of H-pyrrole nitrogens is 1. The molecule has 2 aromatic rings. The van der Waals surface area contributed by atoms with E-state index in [1.54, 1.807) is 12.1 Å². The number of unbranched alkanes of at least 4 members (excludes halogenated alkanes) is 4. The molecule has 0 spiro atoms. The van der Waals surface area contributed by atoms with Crippen molar-refractivity contribution in [2.45, 2.75) is 71.1 Å². The molecule has 0 aliphatic rings. The average Bonchev–Trinajstić information content (AvgIpc) is 3.02. The Morgan fingerprint density at radius 3 is 2.29 bits per heavy atom. The second-order valence-corrected chi connectivity index (χ2v) is 6.45. The third kappa shape index (κ3) is 4.36. The molecule has 1 aromatic carbocycles. The van der Waals surface area contributed by atoms with E-state index in [2.05, 4.69) is 31.0 Å². The molecule has 0 aliphatic carbocycles. The molecule has 1 atom stereocenters. The molecule has 0 fully saturated rings. The predicted octanol–water partition coefficient (Wildman–Crippen LogP) is 5.55. The highest BCUT2D eigenvalue weighted by molar-refractivity contribution is 5.79. The summed E-state index contributed by atoms with van der Waals surface area (Å²) in [5.74, 6) is 1.44. The first-order valence-corrected chi connectivity index (χ1v) is 9.07. The number of aromatic amines is 1. The molecule has 1 aromatic heterocycles. The van der Waals surface area contributed by atoms with Crippen molar-refractivity contribution in [3.8, 4) is 12.1 Å². The van der Waals surface area contributed by atoms with E-state index in [9.17, 15) is 5.26 Å². The summed E-state index contributed by atoms with van der Waals surface area (Å²) < 4.78 is 0. The molecule has 0 saturated heterocycles. The molecule has 2 rings (SSSR count). The first-order chi connectivity index (χ1) is 11.7. The van der Waals surface area contributed by atoms with Crippen molar-refractivity contribution in [3.05, 3.63) is 29.1 Å². The molecule has 0 aliphatic heterocycles. The number of rotatable bonds is 9. The Labute approximate surface area is 144 Å². The van der Waals surface area contributed by atoms with Crippen molar-refractivity contribution in [1.29, 1.82) is 10.5 Å². The van der Waals surface area contributed by atoms with Gasteiger partial charge in [0.05, 0.1) is 22.2 Å². The number of aromatic nitrogens is 2. The monoisotopic (exact) mass is 322 g/mol. The average molecular weight is 322 g/mol. The van der Waals surface area contributed by atoms with Crippen LogP contribution < -0.4 is 0 Å². The van der Waals surface area contributed by atoms with Crippen LogP contribution in [0.5, 0.6) is 0 Å². The van der Waals surface area contributed by atoms with E-state index >= 15 is 0 Å². The Balaban J connectivity index is 2.25. The minimum atomic E-state index is 0.399. The summed E-state index contributed by atoms with van der Waals surface area (Å²) in [5.41, 5.74) is 2.45. The highest BCUT2D eigenvalue weighted by Crippen LogP contribution is 2.28. The van der Waals surface area contributed by atoms with Gasteiger partial charge < -0.3 is 4.98 Å². The van der Waals surface area contributed by atoms with Crippen molar-refractivity contribution in [2.24, 2.45) is 0 Å². The standard InChI is InChI=1S/C20H26N4/c1-3-5-7-8-10-15(9-6-4-2)20-23-18-11-16(13-21)17(14-22)12-19(18)24-20/h11-12,15H,3-10H2,1-2H3,(H,23,24). The van der Waals surface area contributed by atoms with E-state index in [4.69, 9.17) is 10.2 Å². The van der Waals surface area contributed by atoms with Gasteiger partial charge in [0.2, 0.25) is 0 Å². The second kappa shape index (κ2) is 9.08. The molecule has 4 nitrogen and oxygen atoms in total. The van der Waals surface area contributed by atoms with Gasteiger partial charge in [-0.15, -0.1) is 0 Å². The van der Waals surface area contributed by atoms with E-state index in [1.807, 2.05) is 0 Å². The molecule has 0 saturated carbocycles. The van der Waals surface area contributed by atoms with Crippen LogP contribution in [0.4, 0.5) is 0 Å². The summed E-state index contributed by atoms with van der Waals surface area (Å²) in [5, 5.41) is 18.3. The minimum absolute atomic E-state index is 0.399. The van der Waals surface area contributed by atoms with Crippen molar-refractivity contribution in [3.63, 3.8) is 0 Å². The van der Waals surface area contributed by atoms with Gasteiger partial charge in [0.1, 0.15) is 18.0 Å². The van der Waals surface area contributed by atoms with Gasteiger partial charge in [-0.1, -0.05) is 52.4 Å². The highest BCUT2D eigenvalue weighted by Gasteiger charge is 2.16. The lowest BCUT2D eigenvalue weighted by Crippen LogP contribution is -2.01. The number of imidazole rings is 1. The van der Waals surface area contributed by atoms with Gasteiger partial charge in [0.25, 0.3) is 0 Å². The molecule has 24 heavy (non-hydrogen) atoms. The van der Waals surface area contributed by atoms with Crippen LogP contribution in [0.2, 0.25) is 0 Å². The Morgan fingerprint density at radius 1 is 0.958 bits per heavy atom. The Hall–Kier alpha value is -2.33. The number of benzene rings is 1. The number of hydrogen-bond acceptors (Lipinski definition) is 3. The fourth-order valence-corrected chi connectivity index (χ4v) is 3.14. The molecule has 1 unspecified atom stereocenters. The van der Waals surface area contributed by atoms with Gasteiger partial charge >= 0.3 is 0 Å². The van der Waals surface area contributed by atoms with E-state index in [0.717, 1.165) is 29.7 Å². The summed E-state index contributed by atoms with van der Waals surface area (Å²) in [4.78, 5) is 8.13. The van der Waals surface area contributed by atoms with Crippen molar-refractivity contribution in [1.82, 2.24) is 9.97 Å². The molecule has 4 heteroatoms. The van der Waals surface area contributed by atoms with Crippen LogP contribution in [-0.4, -0.2) is 9.97 Å². The number of nitrogens with one attached hydrogen (secondary N) is 1. The molecule has 1 N–H and O–H groups in total. The summed E-state index contributed by atoms with van der Waals surface area (Å²) >= 11 is 0. The lowest BCUT2D eigenvalue weighted by Gasteiger charge is -2.14. The van der Waals surface area contributed by atoms with Gasteiger partial charge in [-0.2, -0.15) is 10.5 Å². The van der Waals surface area contributed by atoms with Crippen LogP contribution in [0.3, 0.4) is 0 Å². The van der Waals surface area contributed by atoms with Gasteiger partial charge in [-0.25, -0.2) is 4.98 Å². The lowest BCUT2D eigenvalue weighted by molar-refractivity contribution is 0.494. The molecule has 0 radical (unpaired) electrons. The zero-order valence-corrected chi connectivity index (χ0v) is 14.7. The summed E-state index contributed by atoms with van der Waals surface area (Å²) in [6.07, 6.45) is 9.71. The molecule has 126 valence electrons. The summed E-state index contributed by atoms with van der Waals surface area (Å²) in [6, 6.07) is 7.65. The van der Waals surface area contributed by atoms with Crippen LogP contribution in [0.1, 0.15) is 88.1 Å². The normalized spacial score (nSPS) is 12.0. The fraction of sp³-hybridized carbons (Fsp3) is 0.550. The molecule has 1 heterocycles. The van der Waals surface area contributed by atoms with Gasteiger partial charge in [-0.05, 0) is 25.0 Å². The van der Waals surface area contributed by atoms with Crippen molar-refractivity contribution < 1.29 is 0 Å². The van der Waals surface area contributed by atoms with Crippen LogP contribution in [-0.2, 0) is 0 Å². The maximum Gasteiger partial charge on any atom is 0.110 e. The van der Waals surface area contributed by atoms with E-state index in [1.165, 1.54) is 38.5 Å². The maximum absolute atomic E-state index is 9.17. The maximum atomic E-state index is 9.17. The molecule has 0 amide bonds. The number of nitriles is 2. The first-order valence-electron chi connectivity index (χ1n) is 9.07. The second-order valence-electron chi connectivity index (χ2n) is 6.45. The number of nitrogens with zero attached hydrogens (tertiary/aromatic N) is 3. The summed E-state index contributed by atoms with van der Waals surface area (Å²) in [6.45, 7) is 4.44. The van der Waals surface area contributed by atoms with Crippen molar-refractivity contribution in [2.75, 3.05) is 0 Å². The summed E-state index contributed by atoms with van der Waals surface area (Å²) in [7, 11) is 0. The molecule has 0 bridgehead atoms. The number of hydrogen-bond donors (Lipinski definition) is 1. The topological polar surface area (TPSA) is 76.3 Å². The van der Waals surface area contributed by atoms with E-state index < -0.39 is 0 Å². The zero-order chi connectivity index (χ0) is 17.4. The van der Waals surface area contributed by atoms with E-state index in [0.29, 0.717) is 17.0 Å². The first kappa shape index (κ1) is 18.0. The minimum Gasteiger partial charge on any atom is -0.342 e. The highest BCUT2D eigenvalue weighted by atomic mass is 14.9. The predicted molar refractivity (Wildman–Crippen MR) is 96.5 cm³/mol. The van der Waals surface area contributed by atoms with E-state index in [-0.39, 0.29) is 0 Å². The quantitative estimate of drug-likeness (QED) is 0.615. The SMILES string of the molecule is CCCCCCC(CCCC)c1nc2cc(C#N)c(C#N)cc2[nH]1.